The first kappa shape index (κ1) is 42.9. The van der Waals surface area contributed by atoms with Crippen LogP contribution in [-0.2, 0) is 30.2 Å². The Bertz CT molecular complexity index is 1310. The Labute approximate surface area is 320 Å². The van der Waals surface area contributed by atoms with Crippen LogP contribution in [0.2, 0.25) is 0 Å². The van der Waals surface area contributed by atoms with Crippen molar-refractivity contribution in [3.05, 3.63) is 12.7 Å². The molecule has 2 saturated heterocycles. The molecule has 4 N–H and O–H groups in total. The van der Waals surface area contributed by atoms with Gasteiger partial charge in [-0.3, -0.25) is 19.2 Å². The molecule has 0 bridgehead atoms. The molecule has 53 heavy (non-hydrogen) atoms. The van der Waals surface area contributed by atoms with Crippen LogP contribution in [0.1, 0.15) is 125 Å². The molecule has 0 aromatic heterocycles. The van der Waals surface area contributed by atoms with Crippen molar-refractivity contribution in [3.63, 3.8) is 0 Å². The van der Waals surface area contributed by atoms with Crippen LogP contribution < -0.4 is 21.3 Å². The summed E-state index contributed by atoms with van der Waals surface area (Å²) in [5.41, 5.74) is -0.688. The second kappa shape index (κ2) is 20.2. The molecule has 2 aliphatic carbocycles. The van der Waals surface area contributed by atoms with E-state index in [2.05, 4.69) is 41.7 Å². The van der Waals surface area contributed by atoms with Crippen molar-refractivity contribution >= 4 is 40.5 Å². The molecular weight excluding hydrogens is 693 g/mol. The molecule has 2 saturated carbocycles. The van der Waals surface area contributed by atoms with Gasteiger partial charge in [0.2, 0.25) is 17.6 Å². The number of hydrogen-bond donors (Lipinski definition) is 4. The van der Waals surface area contributed by atoms with Crippen LogP contribution in [0.4, 0.5) is 4.79 Å². The van der Waals surface area contributed by atoms with Crippen LogP contribution in [0.3, 0.4) is 0 Å². The number of nitrogens with zero attached hydrogens (tertiary/aromatic N) is 2. The first-order chi connectivity index (χ1) is 25.2. The Kier molecular flexibility index (Phi) is 16.4. The largest absolute Gasteiger partial charge is 0.346 e. The number of urea groups is 1. The van der Waals surface area contributed by atoms with Gasteiger partial charge in [-0.05, 0) is 74.0 Å². The molecule has 0 radical (unpaired) electrons. The van der Waals surface area contributed by atoms with Crippen molar-refractivity contribution in [1.29, 1.82) is 0 Å². The first-order valence-corrected chi connectivity index (χ1v) is 21.7. The average Bonchev–Trinajstić information content (AvgIpc) is 3.54. The third kappa shape index (κ3) is 12.6. The van der Waals surface area contributed by atoms with Gasteiger partial charge in [0, 0.05) is 38.0 Å². The Hall–Kier alpha value is -2.80. The normalized spacial score (nSPS) is 24.8. The Morgan fingerprint density at radius 3 is 2.23 bits per heavy atom. The summed E-state index contributed by atoms with van der Waals surface area (Å²) in [5.74, 6) is -0.541. The molecule has 300 valence electrons. The second-order valence-corrected chi connectivity index (χ2v) is 19.1. The number of nitrogens with one attached hydrogen (secondary N) is 4. The Morgan fingerprint density at radius 2 is 1.62 bits per heavy atom. The number of ketones is 1. The number of hydrogen-bond acceptors (Lipinski definition) is 6. The van der Waals surface area contributed by atoms with Crippen molar-refractivity contribution in [2.24, 2.45) is 29.1 Å². The molecule has 4 aliphatic rings. The van der Waals surface area contributed by atoms with E-state index < -0.39 is 58.2 Å². The van der Waals surface area contributed by atoms with E-state index in [4.69, 9.17) is 0 Å². The number of rotatable bonds is 17. The van der Waals surface area contributed by atoms with Crippen LogP contribution in [0.15, 0.2) is 12.7 Å². The minimum Gasteiger partial charge on any atom is -0.346 e. The van der Waals surface area contributed by atoms with Gasteiger partial charge in [0.15, 0.2) is 0 Å². The van der Waals surface area contributed by atoms with Crippen molar-refractivity contribution in [2.75, 3.05) is 31.9 Å². The van der Waals surface area contributed by atoms with E-state index in [1.807, 2.05) is 25.1 Å². The summed E-state index contributed by atoms with van der Waals surface area (Å²) in [7, 11) is -1.07. The molecular formula is C40H68N6O6S. The lowest BCUT2D eigenvalue weighted by atomic mass is 9.80. The van der Waals surface area contributed by atoms with Gasteiger partial charge in [0.25, 0.3) is 5.91 Å². The third-order valence-electron chi connectivity index (χ3n) is 11.8. The van der Waals surface area contributed by atoms with Crippen molar-refractivity contribution < 1.29 is 28.2 Å². The fourth-order valence-electron chi connectivity index (χ4n) is 8.31. The number of carbonyl (C=O) groups is 5. The summed E-state index contributed by atoms with van der Waals surface area (Å²) < 4.78 is 14.9. The van der Waals surface area contributed by atoms with E-state index in [0.29, 0.717) is 37.6 Å². The minimum absolute atomic E-state index is 0.0734. The summed E-state index contributed by atoms with van der Waals surface area (Å²) in [5, 5.41) is 11.7. The highest BCUT2D eigenvalue weighted by Crippen LogP contribution is 2.34. The van der Waals surface area contributed by atoms with Crippen molar-refractivity contribution in [3.8, 4) is 0 Å². The van der Waals surface area contributed by atoms with Crippen LogP contribution in [-0.4, -0.2) is 99.0 Å². The predicted molar refractivity (Wildman–Crippen MR) is 209 cm³/mol. The van der Waals surface area contributed by atoms with E-state index in [-0.39, 0.29) is 36.2 Å². The lowest BCUT2D eigenvalue weighted by Gasteiger charge is -2.38. The van der Waals surface area contributed by atoms with Gasteiger partial charge in [-0.15, -0.1) is 6.58 Å². The molecule has 4 rings (SSSR count). The maximum atomic E-state index is 14.7. The number of carbonyl (C=O) groups excluding carboxylic acids is 5. The molecule has 0 aromatic carbocycles. The summed E-state index contributed by atoms with van der Waals surface area (Å²) in [6.07, 6.45) is 14.3. The van der Waals surface area contributed by atoms with Crippen molar-refractivity contribution in [1.82, 2.24) is 30.5 Å². The lowest BCUT2D eigenvalue weighted by molar-refractivity contribution is -0.144. The zero-order chi connectivity index (χ0) is 38.7. The molecule has 3 unspecified atom stereocenters. The van der Waals surface area contributed by atoms with E-state index in [1.165, 1.54) is 12.5 Å². The Balaban J connectivity index is 1.53. The number of amides is 5. The van der Waals surface area contributed by atoms with E-state index in [9.17, 15) is 28.2 Å². The molecule has 13 heteroatoms. The highest BCUT2D eigenvalue weighted by Gasteiger charge is 2.46. The summed E-state index contributed by atoms with van der Waals surface area (Å²) in [6, 6.07) is -3.41. The van der Waals surface area contributed by atoms with Gasteiger partial charge in [-0.25, -0.2) is 13.3 Å². The SMILES string of the molecule is C=CCNC(=O)C(=O)C(CC1CCC1)NC(=O)[C@@H]1CC(CCC(C)C)CN1C(=O)[C@@H](NC(=O)N[C@H](CN1CCCCS1=O)C1CCCCC1)C(C)(C)C. The van der Waals surface area contributed by atoms with Gasteiger partial charge in [0.05, 0.1) is 17.0 Å². The molecule has 12 nitrogen and oxygen atoms in total. The predicted octanol–water partition coefficient (Wildman–Crippen LogP) is 4.61. The maximum Gasteiger partial charge on any atom is 0.315 e. The first-order valence-electron chi connectivity index (χ1n) is 20.4. The molecule has 0 aromatic rings. The minimum atomic E-state index is -1.07. The lowest BCUT2D eigenvalue weighted by Crippen LogP contribution is -2.61. The topological polar surface area (TPSA) is 157 Å². The fraction of sp³-hybridized carbons (Fsp3) is 0.825. The quantitative estimate of drug-likeness (QED) is 0.125. The maximum absolute atomic E-state index is 14.7. The summed E-state index contributed by atoms with van der Waals surface area (Å²) >= 11 is 0. The molecule has 2 heterocycles. The van der Waals surface area contributed by atoms with Crippen LogP contribution in [0.25, 0.3) is 0 Å². The summed E-state index contributed by atoms with van der Waals surface area (Å²) in [6.45, 7) is 15.4. The third-order valence-corrected chi connectivity index (χ3v) is 13.3. The van der Waals surface area contributed by atoms with Gasteiger partial charge in [-0.2, -0.15) is 0 Å². The van der Waals surface area contributed by atoms with Gasteiger partial charge < -0.3 is 26.2 Å². The highest BCUT2D eigenvalue weighted by molar-refractivity contribution is 7.82. The smallest absolute Gasteiger partial charge is 0.315 e. The van der Waals surface area contributed by atoms with Gasteiger partial charge in [0.1, 0.15) is 12.1 Å². The average molecular weight is 761 g/mol. The molecule has 6 atom stereocenters. The van der Waals surface area contributed by atoms with E-state index in [1.54, 1.807) is 4.90 Å². The van der Waals surface area contributed by atoms with Crippen LogP contribution >= 0.6 is 0 Å². The molecule has 5 amide bonds. The van der Waals surface area contributed by atoms with Gasteiger partial charge >= 0.3 is 6.03 Å². The molecule has 2 aliphatic heterocycles. The zero-order valence-corrected chi connectivity index (χ0v) is 33.9. The summed E-state index contributed by atoms with van der Waals surface area (Å²) in [4.78, 5) is 70.4. The molecule has 0 spiro atoms. The van der Waals surface area contributed by atoms with Crippen molar-refractivity contribution in [2.45, 2.75) is 149 Å². The highest BCUT2D eigenvalue weighted by atomic mass is 32.2. The second-order valence-electron chi connectivity index (χ2n) is 17.6. The van der Waals surface area contributed by atoms with Crippen LogP contribution in [0.5, 0.6) is 0 Å². The van der Waals surface area contributed by atoms with E-state index >= 15 is 0 Å². The standard InChI is InChI=1S/C40H68N6O6S/c1-7-20-41-37(49)34(47)31(23-28-14-13-15-28)42-36(48)33-24-29(19-18-27(2)3)25-46(33)38(50)35(40(4,5)6)44-39(51)43-32(30-16-9-8-10-17-30)26-45-21-11-12-22-53(45)52/h7,27-33,35H,1,8-26H2,2-6H3,(H,41,49)(H,42,48)(H2,43,44,51)/t29?,31?,32-,33+,35-,53?/m1/s1. The van der Waals surface area contributed by atoms with Crippen LogP contribution in [0, 0.1) is 29.1 Å². The number of Topliss-reactive ketones (excluding diaryl/α,β-unsaturated/α-hetero) is 1. The molecule has 4 fully saturated rings. The Morgan fingerprint density at radius 1 is 0.906 bits per heavy atom. The monoisotopic (exact) mass is 760 g/mol. The van der Waals surface area contributed by atoms with Gasteiger partial charge in [-0.1, -0.05) is 85.6 Å². The zero-order valence-electron chi connectivity index (χ0n) is 33.1. The number of likely N-dealkylation sites (tertiary alicyclic amines) is 1. The fourth-order valence-corrected chi connectivity index (χ4v) is 9.68. The van der Waals surface area contributed by atoms with E-state index in [0.717, 1.165) is 77.2 Å².